The summed E-state index contributed by atoms with van der Waals surface area (Å²) in [6.07, 6.45) is 0. The molecular formula is C13H10MoO2. The van der Waals surface area contributed by atoms with E-state index in [2.05, 4.69) is 0 Å². The van der Waals surface area contributed by atoms with Gasteiger partial charge in [0.25, 0.3) is 0 Å². The van der Waals surface area contributed by atoms with E-state index in [1.165, 1.54) is 0 Å². The van der Waals surface area contributed by atoms with Crippen molar-refractivity contribution in [2.24, 2.45) is 0 Å². The smallest absolute Gasteiger partial charge is 0.336 e. The van der Waals surface area contributed by atoms with E-state index < -0.39 is 5.97 Å². The average Bonchev–Trinajstić information content (AvgIpc) is 2.30. The summed E-state index contributed by atoms with van der Waals surface area (Å²) in [6.45, 7) is 0. The molecular weight excluding hydrogens is 284 g/mol. The van der Waals surface area contributed by atoms with Gasteiger partial charge in [-0.15, -0.1) is 0 Å². The van der Waals surface area contributed by atoms with Gasteiger partial charge in [0.05, 0.1) is 5.56 Å². The maximum Gasteiger partial charge on any atom is 0.336 e. The van der Waals surface area contributed by atoms with Crippen molar-refractivity contribution in [3.8, 4) is 11.1 Å². The van der Waals surface area contributed by atoms with Crippen molar-refractivity contribution in [3.05, 3.63) is 60.2 Å². The van der Waals surface area contributed by atoms with Gasteiger partial charge in [0, 0.05) is 21.1 Å². The summed E-state index contributed by atoms with van der Waals surface area (Å²) < 4.78 is 0. The topological polar surface area (TPSA) is 37.3 Å². The molecule has 1 N–H and O–H groups in total. The summed E-state index contributed by atoms with van der Waals surface area (Å²) >= 11 is 0. The van der Waals surface area contributed by atoms with Crippen molar-refractivity contribution in [2.45, 2.75) is 0 Å². The fourth-order valence-corrected chi connectivity index (χ4v) is 1.54. The van der Waals surface area contributed by atoms with Gasteiger partial charge in [0.1, 0.15) is 0 Å². The molecule has 0 unspecified atom stereocenters. The zero-order chi connectivity index (χ0) is 10.7. The van der Waals surface area contributed by atoms with Crippen LogP contribution in [0.1, 0.15) is 10.4 Å². The van der Waals surface area contributed by atoms with E-state index in [0.717, 1.165) is 11.1 Å². The predicted octanol–water partition coefficient (Wildman–Crippen LogP) is 3.05. The molecule has 0 spiro atoms. The average molecular weight is 294 g/mol. The van der Waals surface area contributed by atoms with Crippen LogP contribution in [0.3, 0.4) is 0 Å². The van der Waals surface area contributed by atoms with E-state index in [1.807, 2.05) is 42.5 Å². The number of benzene rings is 2. The molecule has 16 heavy (non-hydrogen) atoms. The maximum atomic E-state index is 11.0. The van der Waals surface area contributed by atoms with E-state index in [-0.39, 0.29) is 21.1 Å². The Hall–Kier alpha value is -1.40. The van der Waals surface area contributed by atoms with Crippen LogP contribution in [-0.2, 0) is 21.1 Å². The van der Waals surface area contributed by atoms with E-state index in [9.17, 15) is 4.79 Å². The molecule has 2 aromatic rings. The minimum Gasteiger partial charge on any atom is -0.478 e. The Kier molecular flexibility index (Phi) is 4.45. The molecule has 0 aliphatic heterocycles. The maximum absolute atomic E-state index is 11.0. The zero-order valence-electron chi connectivity index (χ0n) is 8.46. The Bertz CT molecular complexity index is 480. The first kappa shape index (κ1) is 12.7. The second kappa shape index (κ2) is 5.62. The minimum absolute atomic E-state index is 0. The van der Waals surface area contributed by atoms with E-state index in [4.69, 9.17) is 5.11 Å². The Morgan fingerprint density at radius 2 is 1.44 bits per heavy atom. The number of hydrogen-bond donors (Lipinski definition) is 1. The van der Waals surface area contributed by atoms with Gasteiger partial charge in [-0.05, 0) is 17.2 Å². The molecule has 0 amide bonds. The quantitative estimate of drug-likeness (QED) is 0.864. The molecule has 0 saturated carbocycles. The van der Waals surface area contributed by atoms with Crippen LogP contribution in [0.4, 0.5) is 0 Å². The first-order chi connectivity index (χ1) is 7.29. The van der Waals surface area contributed by atoms with Crippen LogP contribution in [0.15, 0.2) is 54.6 Å². The molecule has 0 radical (unpaired) electrons. The van der Waals surface area contributed by atoms with Crippen LogP contribution in [0.25, 0.3) is 11.1 Å². The first-order valence-corrected chi connectivity index (χ1v) is 4.67. The number of carbonyl (C=O) groups is 1. The van der Waals surface area contributed by atoms with Gasteiger partial charge in [-0.1, -0.05) is 48.5 Å². The van der Waals surface area contributed by atoms with E-state index in [1.54, 1.807) is 12.1 Å². The molecule has 0 heterocycles. The van der Waals surface area contributed by atoms with Crippen LogP contribution in [0.5, 0.6) is 0 Å². The molecule has 2 rings (SSSR count). The third kappa shape index (κ3) is 2.59. The van der Waals surface area contributed by atoms with Crippen LogP contribution in [-0.4, -0.2) is 11.1 Å². The molecule has 0 aliphatic carbocycles. The molecule has 0 saturated heterocycles. The Morgan fingerprint density at radius 1 is 0.875 bits per heavy atom. The van der Waals surface area contributed by atoms with Crippen molar-refractivity contribution in [1.29, 1.82) is 0 Å². The second-order valence-corrected chi connectivity index (χ2v) is 3.22. The van der Waals surface area contributed by atoms with Gasteiger partial charge in [0.15, 0.2) is 0 Å². The Balaban J connectivity index is 0.00000128. The first-order valence-electron chi connectivity index (χ1n) is 4.67. The van der Waals surface area contributed by atoms with Gasteiger partial charge in [-0.2, -0.15) is 0 Å². The number of hydrogen-bond acceptors (Lipinski definition) is 1. The summed E-state index contributed by atoms with van der Waals surface area (Å²) in [4.78, 5) is 11.0. The molecule has 0 aliphatic rings. The van der Waals surface area contributed by atoms with E-state index >= 15 is 0 Å². The van der Waals surface area contributed by atoms with Gasteiger partial charge in [0.2, 0.25) is 0 Å². The van der Waals surface area contributed by atoms with E-state index in [0.29, 0.717) is 5.56 Å². The summed E-state index contributed by atoms with van der Waals surface area (Å²) in [5.41, 5.74) is 2.02. The summed E-state index contributed by atoms with van der Waals surface area (Å²) in [6, 6.07) is 16.5. The molecule has 0 atom stereocenters. The van der Waals surface area contributed by atoms with Gasteiger partial charge in [-0.25, -0.2) is 4.79 Å². The molecule has 0 fully saturated rings. The second-order valence-electron chi connectivity index (χ2n) is 3.22. The fraction of sp³-hybridized carbons (Fsp3) is 0. The summed E-state index contributed by atoms with van der Waals surface area (Å²) in [5.74, 6) is -0.894. The number of aromatic carboxylic acids is 1. The van der Waals surface area contributed by atoms with Crippen LogP contribution >= 0.6 is 0 Å². The molecule has 3 heteroatoms. The van der Waals surface area contributed by atoms with Gasteiger partial charge >= 0.3 is 5.97 Å². The summed E-state index contributed by atoms with van der Waals surface area (Å²) in [7, 11) is 0. The zero-order valence-corrected chi connectivity index (χ0v) is 10.5. The monoisotopic (exact) mass is 296 g/mol. The summed E-state index contributed by atoms with van der Waals surface area (Å²) in [5, 5.41) is 9.03. The normalized spacial score (nSPS) is 9.25. The third-order valence-corrected chi connectivity index (χ3v) is 2.24. The molecule has 80 valence electrons. The number of rotatable bonds is 2. The molecule has 0 bridgehead atoms. The SMILES string of the molecule is O=C(O)c1ccccc1-c1ccccc1.[Mo]. The third-order valence-electron chi connectivity index (χ3n) is 2.24. The predicted molar refractivity (Wildman–Crippen MR) is 58.8 cm³/mol. The Morgan fingerprint density at radius 3 is 2.06 bits per heavy atom. The molecule has 2 aromatic carbocycles. The van der Waals surface area contributed by atoms with Crippen molar-refractivity contribution in [2.75, 3.05) is 0 Å². The molecule has 2 nitrogen and oxygen atoms in total. The van der Waals surface area contributed by atoms with Crippen LogP contribution < -0.4 is 0 Å². The van der Waals surface area contributed by atoms with Crippen molar-refractivity contribution < 1.29 is 31.0 Å². The molecule has 0 aromatic heterocycles. The van der Waals surface area contributed by atoms with Crippen molar-refractivity contribution in [3.63, 3.8) is 0 Å². The van der Waals surface area contributed by atoms with Crippen LogP contribution in [0, 0.1) is 0 Å². The van der Waals surface area contributed by atoms with Crippen molar-refractivity contribution >= 4 is 5.97 Å². The standard InChI is InChI=1S/C13H10O2.Mo/c14-13(15)12-9-5-4-8-11(12)10-6-2-1-3-7-10;/h1-9H,(H,14,15);. The van der Waals surface area contributed by atoms with Gasteiger partial charge < -0.3 is 5.11 Å². The Labute approximate surface area is 108 Å². The van der Waals surface area contributed by atoms with Gasteiger partial charge in [-0.3, -0.25) is 0 Å². The fourth-order valence-electron chi connectivity index (χ4n) is 1.54. The van der Waals surface area contributed by atoms with Crippen LogP contribution in [0.2, 0.25) is 0 Å². The van der Waals surface area contributed by atoms with Crippen molar-refractivity contribution in [1.82, 2.24) is 0 Å². The number of carboxylic acids is 1. The number of carboxylic acid groups (broad SMARTS) is 1. The largest absolute Gasteiger partial charge is 0.478 e. The minimum atomic E-state index is -0.894.